The highest BCUT2D eigenvalue weighted by Crippen LogP contribution is 2.38. The maximum absolute atomic E-state index is 13.7. The summed E-state index contributed by atoms with van der Waals surface area (Å²) >= 11 is 0. The van der Waals surface area contributed by atoms with E-state index in [1.807, 2.05) is 48.5 Å². The SMILES string of the molecule is COc1cc2cc([C@@H](c3nnnn3Cc3ccccc3)N3CCCc4ccccc43)c(=O)[nH]c2cc1OC. The fourth-order valence-corrected chi connectivity index (χ4v) is 5.31. The van der Waals surface area contributed by atoms with Crippen LogP contribution in [0.15, 0.2) is 77.6 Å². The monoisotopic (exact) mass is 508 g/mol. The zero-order valence-electron chi connectivity index (χ0n) is 21.3. The van der Waals surface area contributed by atoms with Gasteiger partial charge in [0, 0.05) is 29.2 Å². The van der Waals surface area contributed by atoms with Crippen molar-refractivity contribution in [2.24, 2.45) is 0 Å². The Balaban J connectivity index is 1.55. The molecule has 0 bridgehead atoms. The molecule has 192 valence electrons. The summed E-state index contributed by atoms with van der Waals surface area (Å²) in [5.41, 5.74) is 4.43. The van der Waals surface area contributed by atoms with Crippen molar-refractivity contribution < 1.29 is 9.47 Å². The van der Waals surface area contributed by atoms with Crippen molar-refractivity contribution in [2.45, 2.75) is 25.4 Å². The first-order valence-corrected chi connectivity index (χ1v) is 12.6. The third-order valence-electron chi connectivity index (χ3n) is 7.11. The number of pyridine rings is 1. The lowest BCUT2D eigenvalue weighted by molar-refractivity contribution is 0.356. The van der Waals surface area contributed by atoms with Crippen molar-refractivity contribution in [1.29, 1.82) is 0 Å². The predicted molar refractivity (Wildman–Crippen MR) is 145 cm³/mol. The number of aromatic amines is 1. The Morgan fingerprint density at radius 1 is 0.974 bits per heavy atom. The van der Waals surface area contributed by atoms with Crippen LogP contribution in [0, 0.1) is 0 Å². The number of nitrogens with zero attached hydrogens (tertiary/aromatic N) is 5. The number of tetrazole rings is 1. The second-order valence-electron chi connectivity index (χ2n) is 9.36. The van der Waals surface area contributed by atoms with E-state index in [0.717, 1.165) is 36.0 Å². The highest BCUT2D eigenvalue weighted by molar-refractivity contribution is 5.83. The molecule has 0 spiro atoms. The number of aryl methyl sites for hydroxylation is 1. The van der Waals surface area contributed by atoms with E-state index >= 15 is 0 Å². The summed E-state index contributed by atoms with van der Waals surface area (Å²) in [5.74, 6) is 1.75. The summed E-state index contributed by atoms with van der Waals surface area (Å²) in [7, 11) is 3.17. The van der Waals surface area contributed by atoms with Crippen LogP contribution in [0.2, 0.25) is 0 Å². The molecule has 0 amide bonds. The van der Waals surface area contributed by atoms with Crippen LogP contribution in [0.25, 0.3) is 10.9 Å². The second-order valence-corrected chi connectivity index (χ2v) is 9.36. The molecule has 9 nitrogen and oxygen atoms in total. The lowest BCUT2D eigenvalue weighted by Gasteiger charge is -2.37. The maximum atomic E-state index is 13.7. The van der Waals surface area contributed by atoms with E-state index in [9.17, 15) is 4.79 Å². The van der Waals surface area contributed by atoms with E-state index in [1.165, 1.54) is 5.56 Å². The molecule has 3 aromatic carbocycles. The second kappa shape index (κ2) is 10.0. The summed E-state index contributed by atoms with van der Waals surface area (Å²) in [6.45, 7) is 1.26. The zero-order chi connectivity index (χ0) is 26.1. The minimum atomic E-state index is -0.503. The van der Waals surface area contributed by atoms with Gasteiger partial charge in [0.2, 0.25) is 0 Å². The highest BCUT2D eigenvalue weighted by atomic mass is 16.5. The summed E-state index contributed by atoms with van der Waals surface area (Å²) < 4.78 is 12.8. The molecule has 38 heavy (non-hydrogen) atoms. The molecule has 5 aromatic rings. The van der Waals surface area contributed by atoms with Crippen molar-refractivity contribution in [2.75, 3.05) is 25.7 Å². The number of anilines is 1. The van der Waals surface area contributed by atoms with E-state index in [4.69, 9.17) is 9.47 Å². The molecule has 0 saturated heterocycles. The molecule has 0 saturated carbocycles. The summed E-state index contributed by atoms with van der Waals surface area (Å²) in [4.78, 5) is 19.0. The number of fused-ring (bicyclic) bond motifs is 2. The van der Waals surface area contributed by atoms with Gasteiger partial charge in [-0.05, 0) is 52.6 Å². The average Bonchev–Trinajstić information content (AvgIpc) is 3.41. The number of rotatable bonds is 7. The van der Waals surface area contributed by atoms with Gasteiger partial charge in [-0.2, -0.15) is 0 Å². The highest BCUT2D eigenvalue weighted by Gasteiger charge is 2.33. The molecule has 0 unspecified atom stereocenters. The van der Waals surface area contributed by atoms with Gasteiger partial charge >= 0.3 is 0 Å². The molecule has 9 heteroatoms. The number of nitrogens with one attached hydrogen (secondary N) is 1. The Labute approximate surface area is 219 Å². The summed E-state index contributed by atoms with van der Waals surface area (Å²) in [6, 6.07) is 23.5. The molecular weight excluding hydrogens is 480 g/mol. The topological polar surface area (TPSA) is 98.2 Å². The van der Waals surface area contributed by atoms with Gasteiger partial charge < -0.3 is 19.4 Å². The Morgan fingerprint density at radius 3 is 2.55 bits per heavy atom. The fourth-order valence-electron chi connectivity index (χ4n) is 5.31. The predicted octanol–water partition coefficient (Wildman–Crippen LogP) is 4.12. The van der Waals surface area contributed by atoms with E-state index < -0.39 is 6.04 Å². The Morgan fingerprint density at radius 2 is 1.74 bits per heavy atom. The summed E-state index contributed by atoms with van der Waals surface area (Å²) in [6.07, 6.45) is 1.95. The number of hydrogen-bond acceptors (Lipinski definition) is 7. The van der Waals surface area contributed by atoms with Gasteiger partial charge in [0.05, 0.1) is 26.3 Å². The number of para-hydroxylation sites is 1. The molecule has 0 radical (unpaired) electrons. The van der Waals surface area contributed by atoms with Crippen molar-refractivity contribution >= 4 is 16.6 Å². The third kappa shape index (κ3) is 4.26. The smallest absolute Gasteiger partial charge is 0.254 e. The van der Waals surface area contributed by atoms with E-state index in [0.29, 0.717) is 34.9 Å². The average molecular weight is 509 g/mol. The van der Waals surface area contributed by atoms with Gasteiger partial charge in [-0.3, -0.25) is 4.79 Å². The number of ether oxygens (including phenoxy) is 2. The van der Waals surface area contributed by atoms with Gasteiger partial charge in [0.1, 0.15) is 6.04 Å². The molecule has 1 aliphatic heterocycles. The molecule has 0 aliphatic carbocycles. The molecule has 1 atom stereocenters. The number of methoxy groups -OCH3 is 2. The van der Waals surface area contributed by atoms with Crippen molar-refractivity contribution in [3.8, 4) is 11.5 Å². The number of aromatic nitrogens is 5. The zero-order valence-corrected chi connectivity index (χ0v) is 21.3. The number of hydrogen-bond donors (Lipinski definition) is 1. The molecule has 3 heterocycles. The van der Waals surface area contributed by atoms with Gasteiger partial charge in [-0.15, -0.1) is 5.10 Å². The molecule has 1 N–H and O–H groups in total. The van der Waals surface area contributed by atoms with Crippen LogP contribution < -0.4 is 19.9 Å². The van der Waals surface area contributed by atoms with Gasteiger partial charge in [0.25, 0.3) is 5.56 Å². The largest absolute Gasteiger partial charge is 0.493 e. The van der Waals surface area contributed by atoms with Crippen LogP contribution in [0.3, 0.4) is 0 Å². The number of H-pyrrole nitrogens is 1. The Kier molecular flexibility index (Phi) is 6.25. The third-order valence-corrected chi connectivity index (χ3v) is 7.11. The molecule has 1 aliphatic rings. The van der Waals surface area contributed by atoms with Crippen LogP contribution in [0.4, 0.5) is 5.69 Å². The van der Waals surface area contributed by atoms with Crippen molar-refractivity contribution in [3.63, 3.8) is 0 Å². The minimum absolute atomic E-state index is 0.202. The van der Waals surface area contributed by atoms with Crippen LogP contribution in [-0.4, -0.2) is 46.0 Å². The standard InChI is InChI=1S/C29H28N6O3/c1-37-25-16-21-15-22(29(36)30-23(21)17-26(25)38-2)27(34-14-8-12-20-11-6-7-13-24(20)34)28-31-32-33-35(28)18-19-9-4-3-5-10-19/h3-7,9-11,13,15-17,27H,8,12,14,18H2,1-2H3,(H,30,36)/t27-/m0/s1. The van der Waals surface area contributed by atoms with Crippen LogP contribution in [-0.2, 0) is 13.0 Å². The number of benzene rings is 3. The lowest BCUT2D eigenvalue weighted by atomic mass is 9.96. The van der Waals surface area contributed by atoms with Crippen LogP contribution >= 0.6 is 0 Å². The fraction of sp³-hybridized carbons (Fsp3) is 0.241. The first-order chi connectivity index (χ1) is 18.7. The first kappa shape index (κ1) is 23.7. The van der Waals surface area contributed by atoms with E-state index in [2.05, 4.69) is 43.6 Å². The van der Waals surface area contributed by atoms with E-state index in [-0.39, 0.29) is 5.56 Å². The quantitative estimate of drug-likeness (QED) is 0.353. The van der Waals surface area contributed by atoms with Crippen molar-refractivity contribution in [3.05, 3.63) is 106 Å². The first-order valence-electron chi connectivity index (χ1n) is 12.6. The van der Waals surface area contributed by atoms with Gasteiger partial charge in [-0.25, -0.2) is 4.68 Å². The molecule has 0 fully saturated rings. The van der Waals surface area contributed by atoms with E-state index in [1.54, 1.807) is 25.0 Å². The maximum Gasteiger partial charge on any atom is 0.254 e. The van der Waals surface area contributed by atoms with Crippen LogP contribution in [0.1, 0.15) is 35.0 Å². The lowest BCUT2D eigenvalue weighted by Crippen LogP contribution is -2.38. The normalized spacial score (nSPS) is 13.8. The molecular formula is C29H28N6O3. The Bertz CT molecular complexity index is 1650. The summed E-state index contributed by atoms with van der Waals surface area (Å²) in [5, 5.41) is 13.7. The molecule has 2 aromatic heterocycles. The van der Waals surface area contributed by atoms with Crippen LogP contribution in [0.5, 0.6) is 11.5 Å². The van der Waals surface area contributed by atoms with Gasteiger partial charge in [0.15, 0.2) is 17.3 Å². The van der Waals surface area contributed by atoms with Gasteiger partial charge in [-0.1, -0.05) is 48.5 Å². The molecule has 6 rings (SSSR count). The minimum Gasteiger partial charge on any atom is -0.493 e. The Hall–Kier alpha value is -4.66. The van der Waals surface area contributed by atoms with Crippen molar-refractivity contribution in [1.82, 2.24) is 25.2 Å².